The van der Waals surface area contributed by atoms with Crippen molar-refractivity contribution < 1.29 is 4.74 Å². The van der Waals surface area contributed by atoms with Gasteiger partial charge < -0.3 is 10.5 Å². The Hall–Kier alpha value is -1.40. The number of hydrogen-bond acceptors (Lipinski definition) is 5. The number of ether oxygens (including phenoxy) is 1. The van der Waals surface area contributed by atoms with Crippen molar-refractivity contribution in [3.05, 3.63) is 28.5 Å². The van der Waals surface area contributed by atoms with Crippen molar-refractivity contribution in [3.8, 4) is 5.75 Å². The topological polar surface area (TPSA) is 66.0 Å². The van der Waals surface area contributed by atoms with Crippen LogP contribution in [-0.4, -0.2) is 21.9 Å². The molecule has 0 saturated heterocycles. The molecule has 1 unspecified atom stereocenters. The number of aryl methyl sites for hydroxylation is 1. The number of nitrogens with zero attached hydrogens (tertiary/aromatic N) is 3. The van der Waals surface area contributed by atoms with Crippen LogP contribution in [0.3, 0.4) is 0 Å². The van der Waals surface area contributed by atoms with E-state index in [2.05, 4.69) is 10.1 Å². The van der Waals surface area contributed by atoms with Gasteiger partial charge in [-0.1, -0.05) is 0 Å². The summed E-state index contributed by atoms with van der Waals surface area (Å²) < 4.78 is 7.10. The highest BCUT2D eigenvalue weighted by Gasteiger charge is 2.20. The lowest BCUT2D eigenvalue weighted by Gasteiger charge is -2.12. The molecule has 5 nitrogen and oxygen atoms in total. The number of rotatable bonds is 4. The van der Waals surface area contributed by atoms with Gasteiger partial charge in [-0.2, -0.15) is 5.10 Å². The van der Waals surface area contributed by atoms with Gasteiger partial charge in [0, 0.05) is 11.9 Å². The second-order valence-electron chi connectivity index (χ2n) is 3.30. The zero-order chi connectivity index (χ0) is 11.5. The van der Waals surface area contributed by atoms with E-state index in [1.807, 2.05) is 17.0 Å². The molecule has 0 spiro atoms. The predicted molar refractivity (Wildman–Crippen MR) is 62.6 cm³/mol. The lowest BCUT2D eigenvalue weighted by atomic mass is 10.1. The molecule has 0 radical (unpaired) electrons. The van der Waals surface area contributed by atoms with E-state index >= 15 is 0 Å². The van der Waals surface area contributed by atoms with E-state index in [0.717, 1.165) is 17.9 Å². The highest BCUT2D eigenvalue weighted by Crippen LogP contribution is 2.27. The fraction of sp³-hybridized carbons (Fsp3) is 0.400. The lowest BCUT2D eigenvalue weighted by Crippen LogP contribution is -2.18. The summed E-state index contributed by atoms with van der Waals surface area (Å²) in [5, 5.41) is 6.17. The predicted octanol–water partition coefficient (Wildman–Crippen LogP) is 1.42. The van der Waals surface area contributed by atoms with Gasteiger partial charge >= 0.3 is 0 Å². The van der Waals surface area contributed by atoms with Gasteiger partial charge in [0.15, 0.2) is 5.75 Å². The van der Waals surface area contributed by atoms with E-state index in [9.17, 15) is 0 Å². The normalized spacial score (nSPS) is 12.7. The van der Waals surface area contributed by atoms with Crippen molar-refractivity contribution in [2.24, 2.45) is 5.73 Å². The Bertz CT molecular complexity index is 430. The first-order valence-corrected chi connectivity index (χ1v) is 5.95. The molecule has 0 aliphatic rings. The maximum Gasteiger partial charge on any atom is 0.161 e. The third-order valence-electron chi connectivity index (χ3n) is 2.43. The van der Waals surface area contributed by atoms with E-state index in [1.165, 1.54) is 11.3 Å². The average molecular weight is 238 g/mol. The molecule has 2 aromatic rings. The smallest absolute Gasteiger partial charge is 0.161 e. The van der Waals surface area contributed by atoms with Crippen LogP contribution in [0.4, 0.5) is 0 Å². The SMILES string of the molecule is CCn1ncc(OC)c1C(N)c1cscn1. The van der Waals surface area contributed by atoms with Crippen LogP contribution < -0.4 is 10.5 Å². The molecule has 16 heavy (non-hydrogen) atoms. The Kier molecular flexibility index (Phi) is 3.21. The van der Waals surface area contributed by atoms with Crippen molar-refractivity contribution in [3.63, 3.8) is 0 Å². The fourth-order valence-corrected chi connectivity index (χ4v) is 2.21. The van der Waals surface area contributed by atoms with Crippen LogP contribution in [0.15, 0.2) is 17.1 Å². The van der Waals surface area contributed by atoms with Crippen molar-refractivity contribution in [1.29, 1.82) is 0 Å². The largest absolute Gasteiger partial charge is 0.493 e. The molecule has 1 atom stereocenters. The Balaban J connectivity index is 2.41. The van der Waals surface area contributed by atoms with Gasteiger partial charge in [0.1, 0.15) is 5.69 Å². The monoisotopic (exact) mass is 238 g/mol. The summed E-state index contributed by atoms with van der Waals surface area (Å²) in [5.74, 6) is 0.711. The zero-order valence-electron chi connectivity index (χ0n) is 9.25. The Morgan fingerprint density at radius 2 is 2.44 bits per heavy atom. The van der Waals surface area contributed by atoms with Crippen LogP contribution in [0.1, 0.15) is 24.4 Å². The molecule has 2 aromatic heterocycles. The quantitative estimate of drug-likeness (QED) is 0.874. The lowest BCUT2D eigenvalue weighted by molar-refractivity contribution is 0.404. The van der Waals surface area contributed by atoms with E-state index in [-0.39, 0.29) is 6.04 Å². The summed E-state index contributed by atoms with van der Waals surface area (Å²) >= 11 is 1.53. The summed E-state index contributed by atoms with van der Waals surface area (Å²) in [5.41, 5.74) is 9.65. The van der Waals surface area contributed by atoms with Crippen molar-refractivity contribution >= 4 is 11.3 Å². The molecule has 2 rings (SSSR count). The summed E-state index contributed by atoms with van der Waals surface area (Å²) in [4.78, 5) is 4.22. The summed E-state index contributed by atoms with van der Waals surface area (Å²) in [6.45, 7) is 2.78. The maximum atomic E-state index is 6.16. The Labute approximate surface area is 97.9 Å². The first kappa shape index (κ1) is 11.1. The maximum absolute atomic E-state index is 6.16. The van der Waals surface area contributed by atoms with E-state index in [1.54, 1.807) is 18.8 Å². The highest BCUT2D eigenvalue weighted by atomic mass is 32.1. The van der Waals surface area contributed by atoms with Crippen molar-refractivity contribution in [2.45, 2.75) is 19.5 Å². The van der Waals surface area contributed by atoms with Gasteiger partial charge in [-0.05, 0) is 6.92 Å². The first-order chi connectivity index (χ1) is 7.77. The molecular formula is C10H14N4OS. The fourth-order valence-electron chi connectivity index (χ4n) is 1.62. The Morgan fingerprint density at radius 1 is 1.62 bits per heavy atom. The number of nitrogens with two attached hydrogens (primary N) is 1. The second kappa shape index (κ2) is 4.63. The van der Waals surface area contributed by atoms with E-state index in [0.29, 0.717) is 5.75 Å². The molecule has 0 saturated carbocycles. The molecule has 2 heterocycles. The van der Waals surface area contributed by atoms with Gasteiger partial charge in [0.05, 0.1) is 30.6 Å². The molecule has 0 aliphatic heterocycles. The van der Waals surface area contributed by atoms with Crippen LogP contribution in [0.5, 0.6) is 5.75 Å². The second-order valence-corrected chi connectivity index (χ2v) is 4.02. The number of hydrogen-bond donors (Lipinski definition) is 1. The zero-order valence-corrected chi connectivity index (χ0v) is 10.1. The van der Waals surface area contributed by atoms with Crippen LogP contribution in [-0.2, 0) is 6.54 Å². The summed E-state index contributed by atoms with van der Waals surface area (Å²) in [6, 6.07) is -0.288. The molecule has 86 valence electrons. The van der Waals surface area contributed by atoms with Gasteiger partial charge in [0.25, 0.3) is 0 Å². The summed E-state index contributed by atoms with van der Waals surface area (Å²) in [6.07, 6.45) is 1.69. The van der Waals surface area contributed by atoms with Crippen molar-refractivity contribution in [1.82, 2.24) is 14.8 Å². The molecule has 2 N–H and O–H groups in total. The molecule has 0 fully saturated rings. The number of methoxy groups -OCH3 is 1. The van der Waals surface area contributed by atoms with Crippen LogP contribution in [0, 0.1) is 0 Å². The van der Waals surface area contributed by atoms with Gasteiger partial charge in [0.2, 0.25) is 0 Å². The minimum Gasteiger partial charge on any atom is -0.493 e. The van der Waals surface area contributed by atoms with Crippen LogP contribution >= 0.6 is 11.3 Å². The number of thiazole rings is 1. The third kappa shape index (κ3) is 1.81. The van der Waals surface area contributed by atoms with Crippen LogP contribution in [0.2, 0.25) is 0 Å². The van der Waals surface area contributed by atoms with Gasteiger partial charge in [-0.25, -0.2) is 4.98 Å². The van der Waals surface area contributed by atoms with E-state index < -0.39 is 0 Å². The molecule has 0 aliphatic carbocycles. The minimum absolute atomic E-state index is 0.288. The van der Waals surface area contributed by atoms with Gasteiger partial charge in [-0.15, -0.1) is 11.3 Å². The molecule has 6 heteroatoms. The third-order valence-corrected chi connectivity index (χ3v) is 3.03. The average Bonchev–Trinajstić information content (AvgIpc) is 2.96. The first-order valence-electron chi connectivity index (χ1n) is 5.01. The van der Waals surface area contributed by atoms with Crippen LogP contribution in [0.25, 0.3) is 0 Å². The van der Waals surface area contributed by atoms with E-state index in [4.69, 9.17) is 10.5 Å². The van der Waals surface area contributed by atoms with Gasteiger partial charge in [-0.3, -0.25) is 4.68 Å². The minimum atomic E-state index is -0.288. The standard InChI is InChI=1S/C10H14N4OS/c1-3-14-10(8(15-2)4-13-14)9(11)7-5-16-6-12-7/h4-6,9H,3,11H2,1-2H3. The summed E-state index contributed by atoms with van der Waals surface area (Å²) in [7, 11) is 1.62. The Morgan fingerprint density at radius 3 is 3.00 bits per heavy atom. The van der Waals surface area contributed by atoms with Crippen molar-refractivity contribution in [2.75, 3.05) is 7.11 Å². The molecule has 0 amide bonds. The molecular weight excluding hydrogens is 224 g/mol. The highest BCUT2D eigenvalue weighted by molar-refractivity contribution is 7.07. The molecule has 0 bridgehead atoms. The number of aromatic nitrogens is 3. The molecule has 0 aromatic carbocycles.